The minimum atomic E-state index is -1.64. The number of hydrogen-bond acceptors (Lipinski definition) is 2. The van der Waals surface area contributed by atoms with Crippen LogP contribution in [0.3, 0.4) is 0 Å². The Hall–Kier alpha value is -0.520. The summed E-state index contributed by atoms with van der Waals surface area (Å²) in [7, 11) is 0. The van der Waals surface area contributed by atoms with Gasteiger partial charge in [-0.2, -0.15) is 0 Å². The Bertz CT molecular complexity index is 99.6. The lowest BCUT2D eigenvalue weighted by Crippen LogP contribution is -2.25. The van der Waals surface area contributed by atoms with Crippen molar-refractivity contribution in [2.75, 3.05) is 0 Å². The Kier molecular flexibility index (Phi) is 2.53. The fourth-order valence-electron chi connectivity index (χ4n) is 0.288. The maximum absolute atomic E-state index is 8.74. The molecule has 2 N–H and O–H groups in total. The van der Waals surface area contributed by atoms with Crippen LogP contribution >= 0.6 is 0 Å². The lowest BCUT2D eigenvalue weighted by Gasteiger charge is -2.14. The van der Waals surface area contributed by atoms with Crippen molar-refractivity contribution in [3.05, 3.63) is 0 Å². The van der Waals surface area contributed by atoms with E-state index in [1.807, 2.05) is 0 Å². The molecule has 0 atom stereocenters. The molecule has 2 heteroatoms. The van der Waals surface area contributed by atoms with E-state index < -0.39 is 5.79 Å². The zero-order valence-electron chi connectivity index (χ0n) is 4.89. The monoisotopic (exact) mass is 114 g/mol. The summed E-state index contributed by atoms with van der Waals surface area (Å²) in [6.07, 6.45) is 5.10. The van der Waals surface area contributed by atoms with Crippen molar-refractivity contribution in [3.8, 4) is 12.3 Å². The molecule has 0 aromatic carbocycles. The van der Waals surface area contributed by atoms with E-state index in [4.69, 9.17) is 16.6 Å². The van der Waals surface area contributed by atoms with Crippen LogP contribution in [-0.2, 0) is 0 Å². The minimum absolute atomic E-state index is 0.00347. The Labute approximate surface area is 49.2 Å². The summed E-state index contributed by atoms with van der Waals surface area (Å²) in [6.45, 7) is 1.66. The Balaban J connectivity index is 3.58. The first-order valence-corrected chi connectivity index (χ1v) is 2.50. The van der Waals surface area contributed by atoms with E-state index in [0.717, 1.165) is 0 Å². The molecule has 0 aromatic rings. The van der Waals surface area contributed by atoms with E-state index in [2.05, 4.69) is 5.92 Å². The van der Waals surface area contributed by atoms with E-state index in [1.54, 1.807) is 6.92 Å². The lowest BCUT2D eigenvalue weighted by molar-refractivity contribution is -0.157. The average molecular weight is 114 g/mol. The van der Waals surface area contributed by atoms with Crippen LogP contribution in [0, 0.1) is 12.3 Å². The molecule has 46 valence electrons. The summed E-state index contributed by atoms with van der Waals surface area (Å²) < 4.78 is 0. The van der Waals surface area contributed by atoms with Gasteiger partial charge in [0.25, 0.3) is 0 Å². The second kappa shape index (κ2) is 2.71. The maximum atomic E-state index is 8.74. The van der Waals surface area contributed by atoms with Gasteiger partial charge in [-0.25, -0.2) is 0 Å². The van der Waals surface area contributed by atoms with Crippen LogP contribution in [0.15, 0.2) is 0 Å². The van der Waals surface area contributed by atoms with Crippen LogP contribution in [-0.4, -0.2) is 16.0 Å². The first kappa shape index (κ1) is 7.48. The Morgan fingerprint density at radius 3 is 2.25 bits per heavy atom. The van der Waals surface area contributed by atoms with Crippen LogP contribution in [0.25, 0.3) is 0 Å². The highest BCUT2D eigenvalue weighted by Gasteiger charge is 2.17. The molecule has 2 nitrogen and oxygen atoms in total. The van der Waals surface area contributed by atoms with Crippen LogP contribution in [0.1, 0.15) is 19.8 Å². The van der Waals surface area contributed by atoms with Crippen molar-refractivity contribution in [1.29, 1.82) is 0 Å². The van der Waals surface area contributed by atoms with Crippen LogP contribution in [0.5, 0.6) is 0 Å². The van der Waals surface area contributed by atoms with Crippen LogP contribution in [0.4, 0.5) is 0 Å². The largest absolute Gasteiger partial charge is 0.365 e. The van der Waals surface area contributed by atoms with Crippen LogP contribution < -0.4 is 0 Å². The molecule has 0 aromatic heterocycles. The fourth-order valence-corrected chi connectivity index (χ4v) is 0.288. The summed E-state index contributed by atoms with van der Waals surface area (Å²) >= 11 is 0. The van der Waals surface area contributed by atoms with Crippen molar-refractivity contribution in [3.63, 3.8) is 0 Å². The Morgan fingerprint density at radius 1 is 1.62 bits per heavy atom. The molecule has 0 amide bonds. The van der Waals surface area contributed by atoms with Gasteiger partial charge < -0.3 is 10.2 Å². The van der Waals surface area contributed by atoms with Crippen molar-refractivity contribution in [1.82, 2.24) is 0 Å². The van der Waals surface area contributed by atoms with Crippen molar-refractivity contribution < 1.29 is 10.2 Å². The molecule has 0 fully saturated rings. The van der Waals surface area contributed by atoms with E-state index in [0.29, 0.717) is 0 Å². The molecule has 0 spiro atoms. The lowest BCUT2D eigenvalue weighted by atomic mass is 10.1. The van der Waals surface area contributed by atoms with Gasteiger partial charge in [-0.1, -0.05) is 6.92 Å². The molecule has 0 rings (SSSR count). The van der Waals surface area contributed by atoms with E-state index in [-0.39, 0.29) is 12.8 Å². The third kappa shape index (κ3) is 2.62. The van der Waals surface area contributed by atoms with E-state index in [1.165, 1.54) is 0 Å². The average Bonchev–Trinajstić information content (AvgIpc) is 1.67. The van der Waals surface area contributed by atoms with Gasteiger partial charge in [0.1, 0.15) is 0 Å². The summed E-state index contributed by atoms with van der Waals surface area (Å²) in [5.74, 6) is 0.515. The maximum Gasteiger partial charge on any atom is 0.173 e. The highest BCUT2D eigenvalue weighted by Crippen LogP contribution is 2.07. The van der Waals surface area contributed by atoms with Crippen molar-refractivity contribution in [2.45, 2.75) is 25.6 Å². The third-order valence-electron chi connectivity index (χ3n) is 0.951. The van der Waals surface area contributed by atoms with Crippen LogP contribution in [0.2, 0.25) is 0 Å². The summed E-state index contributed by atoms with van der Waals surface area (Å²) in [6, 6.07) is 0. The molecule has 0 aliphatic rings. The molecule has 0 saturated heterocycles. The smallest absolute Gasteiger partial charge is 0.173 e. The van der Waals surface area contributed by atoms with Gasteiger partial charge in [-0.3, -0.25) is 0 Å². The zero-order chi connectivity index (χ0) is 6.62. The predicted molar refractivity (Wildman–Crippen MR) is 30.9 cm³/mol. The SMILES string of the molecule is C#CCC(O)(O)CC. The molecule has 0 saturated carbocycles. The van der Waals surface area contributed by atoms with Gasteiger partial charge in [0.2, 0.25) is 0 Å². The Morgan fingerprint density at radius 2 is 2.12 bits per heavy atom. The molecule has 8 heavy (non-hydrogen) atoms. The molecule has 0 heterocycles. The summed E-state index contributed by atoms with van der Waals surface area (Å²) in [5, 5.41) is 17.5. The number of rotatable bonds is 2. The second-order valence-corrected chi connectivity index (χ2v) is 1.72. The molecule has 0 bridgehead atoms. The highest BCUT2D eigenvalue weighted by molar-refractivity contribution is 4.89. The molecule has 0 radical (unpaired) electrons. The van der Waals surface area contributed by atoms with Gasteiger partial charge in [-0.15, -0.1) is 12.3 Å². The first-order valence-electron chi connectivity index (χ1n) is 2.50. The van der Waals surface area contributed by atoms with E-state index >= 15 is 0 Å². The standard InChI is InChI=1S/C6H10O2/c1-3-5-6(7,8)4-2/h1,7-8H,4-5H2,2H3. The number of aliphatic hydroxyl groups is 2. The van der Waals surface area contributed by atoms with Crippen molar-refractivity contribution >= 4 is 0 Å². The number of terminal acetylenes is 1. The number of hydrogen-bond donors (Lipinski definition) is 2. The second-order valence-electron chi connectivity index (χ2n) is 1.72. The van der Waals surface area contributed by atoms with Gasteiger partial charge in [0.05, 0.1) is 6.42 Å². The summed E-state index contributed by atoms with van der Waals surface area (Å²) in [5.41, 5.74) is 0. The van der Waals surface area contributed by atoms with Gasteiger partial charge in [0.15, 0.2) is 5.79 Å². The molecule has 0 aliphatic heterocycles. The van der Waals surface area contributed by atoms with Crippen molar-refractivity contribution in [2.24, 2.45) is 0 Å². The molecular weight excluding hydrogens is 104 g/mol. The minimum Gasteiger partial charge on any atom is -0.365 e. The molecular formula is C6H10O2. The zero-order valence-corrected chi connectivity index (χ0v) is 4.89. The first-order chi connectivity index (χ1) is 3.62. The predicted octanol–water partition coefficient (Wildman–Crippen LogP) is 0.101. The van der Waals surface area contributed by atoms with Gasteiger partial charge in [-0.05, 0) is 6.42 Å². The van der Waals surface area contributed by atoms with E-state index in [9.17, 15) is 0 Å². The quantitative estimate of drug-likeness (QED) is 0.395. The molecule has 0 unspecified atom stereocenters. The van der Waals surface area contributed by atoms with Gasteiger partial charge >= 0.3 is 0 Å². The van der Waals surface area contributed by atoms with Gasteiger partial charge in [0, 0.05) is 0 Å². The topological polar surface area (TPSA) is 40.5 Å². The summed E-state index contributed by atoms with van der Waals surface area (Å²) in [4.78, 5) is 0. The highest BCUT2D eigenvalue weighted by atomic mass is 16.5. The normalized spacial score (nSPS) is 10.8. The third-order valence-corrected chi connectivity index (χ3v) is 0.951. The fraction of sp³-hybridized carbons (Fsp3) is 0.667. The molecule has 0 aliphatic carbocycles.